The van der Waals surface area contributed by atoms with Gasteiger partial charge < -0.3 is 10.6 Å². The van der Waals surface area contributed by atoms with Gasteiger partial charge in [0.2, 0.25) is 0 Å². The molecule has 1 spiro atoms. The Morgan fingerprint density at radius 1 is 1.06 bits per heavy atom. The number of anilines is 2. The standard InChI is InChI=1S/C14H20BrN3/c15-11-7-12-13(16-8-11)18-10-14(9-17-12)5-3-1-2-4-6-14/h7-8,17H,1-6,9-10H2,(H,16,18). The topological polar surface area (TPSA) is 37.0 Å². The van der Waals surface area contributed by atoms with E-state index in [-0.39, 0.29) is 0 Å². The van der Waals surface area contributed by atoms with E-state index in [1.807, 2.05) is 6.20 Å². The second-order valence-electron chi connectivity index (χ2n) is 5.67. The number of nitrogens with one attached hydrogen (secondary N) is 2. The van der Waals surface area contributed by atoms with E-state index in [1.165, 1.54) is 38.5 Å². The summed E-state index contributed by atoms with van der Waals surface area (Å²) in [6, 6.07) is 2.12. The van der Waals surface area contributed by atoms with Crippen LogP contribution in [0.5, 0.6) is 0 Å². The zero-order chi connectivity index (χ0) is 12.4. The zero-order valence-electron chi connectivity index (χ0n) is 10.6. The van der Waals surface area contributed by atoms with Gasteiger partial charge in [-0.1, -0.05) is 25.7 Å². The monoisotopic (exact) mass is 309 g/mol. The Balaban J connectivity index is 1.81. The first-order valence-electron chi connectivity index (χ1n) is 6.91. The Hall–Kier alpha value is -0.770. The summed E-state index contributed by atoms with van der Waals surface area (Å²) in [4.78, 5) is 4.46. The summed E-state index contributed by atoms with van der Waals surface area (Å²) in [5.41, 5.74) is 1.55. The second kappa shape index (κ2) is 5.08. The van der Waals surface area contributed by atoms with Crippen molar-refractivity contribution in [2.24, 2.45) is 5.41 Å². The molecule has 1 aliphatic carbocycles. The minimum Gasteiger partial charge on any atom is -0.381 e. The third kappa shape index (κ3) is 2.48. The molecule has 0 bridgehead atoms. The number of halogens is 1. The smallest absolute Gasteiger partial charge is 0.149 e. The lowest BCUT2D eigenvalue weighted by Crippen LogP contribution is -2.34. The van der Waals surface area contributed by atoms with Crippen LogP contribution in [0, 0.1) is 5.41 Å². The van der Waals surface area contributed by atoms with Crippen LogP contribution in [0.3, 0.4) is 0 Å². The predicted octanol–water partition coefficient (Wildman–Crippen LogP) is 4.02. The van der Waals surface area contributed by atoms with E-state index < -0.39 is 0 Å². The molecule has 98 valence electrons. The Morgan fingerprint density at radius 2 is 1.78 bits per heavy atom. The molecule has 1 saturated carbocycles. The molecule has 1 aliphatic heterocycles. The highest BCUT2D eigenvalue weighted by atomic mass is 79.9. The Bertz CT molecular complexity index is 425. The van der Waals surface area contributed by atoms with E-state index in [1.54, 1.807) is 0 Å². The van der Waals surface area contributed by atoms with E-state index in [0.717, 1.165) is 29.1 Å². The van der Waals surface area contributed by atoms with Gasteiger partial charge in [-0.3, -0.25) is 0 Å². The third-order valence-corrected chi connectivity index (χ3v) is 4.74. The van der Waals surface area contributed by atoms with Crippen LogP contribution in [-0.4, -0.2) is 18.1 Å². The maximum Gasteiger partial charge on any atom is 0.149 e. The number of hydrogen-bond acceptors (Lipinski definition) is 3. The van der Waals surface area contributed by atoms with Crippen molar-refractivity contribution in [2.45, 2.75) is 38.5 Å². The van der Waals surface area contributed by atoms with Crippen LogP contribution < -0.4 is 10.6 Å². The van der Waals surface area contributed by atoms with Crippen molar-refractivity contribution in [1.82, 2.24) is 4.98 Å². The molecule has 1 aromatic rings. The van der Waals surface area contributed by atoms with Crippen LogP contribution in [0.25, 0.3) is 0 Å². The normalized spacial score (nSPS) is 22.3. The molecule has 2 aliphatic rings. The summed E-state index contributed by atoms with van der Waals surface area (Å²) < 4.78 is 1.03. The lowest BCUT2D eigenvalue weighted by molar-refractivity contribution is 0.286. The molecule has 18 heavy (non-hydrogen) atoms. The van der Waals surface area contributed by atoms with Gasteiger partial charge in [-0.15, -0.1) is 0 Å². The van der Waals surface area contributed by atoms with Gasteiger partial charge in [0.05, 0.1) is 5.69 Å². The molecule has 0 saturated heterocycles. The fourth-order valence-electron chi connectivity index (χ4n) is 3.16. The highest BCUT2D eigenvalue weighted by Crippen LogP contribution is 2.38. The Morgan fingerprint density at radius 3 is 2.56 bits per heavy atom. The average molecular weight is 310 g/mol. The number of aromatic nitrogens is 1. The van der Waals surface area contributed by atoms with E-state index in [9.17, 15) is 0 Å². The fraction of sp³-hybridized carbons (Fsp3) is 0.643. The third-order valence-electron chi connectivity index (χ3n) is 4.30. The molecule has 4 heteroatoms. The Labute approximate surface area is 117 Å². The lowest BCUT2D eigenvalue weighted by atomic mass is 9.80. The molecule has 0 radical (unpaired) electrons. The van der Waals surface area contributed by atoms with Crippen LogP contribution in [0.4, 0.5) is 11.5 Å². The number of fused-ring (bicyclic) bond motifs is 1. The highest BCUT2D eigenvalue weighted by Gasteiger charge is 2.33. The number of rotatable bonds is 0. The van der Waals surface area contributed by atoms with Crippen molar-refractivity contribution >= 4 is 27.4 Å². The molecule has 0 atom stereocenters. The van der Waals surface area contributed by atoms with Crippen LogP contribution in [0.15, 0.2) is 16.7 Å². The van der Waals surface area contributed by atoms with E-state index in [0.29, 0.717) is 5.41 Å². The summed E-state index contributed by atoms with van der Waals surface area (Å²) in [6.45, 7) is 2.13. The number of nitrogens with zero attached hydrogens (tertiary/aromatic N) is 1. The van der Waals surface area contributed by atoms with Gasteiger partial charge in [0.1, 0.15) is 5.82 Å². The predicted molar refractivity (Wildman–Crippen MR) is 79.1 cm³/mol. The van der Waals surface area contributed by atoms with Gasteiger partial charge in [-0.25, -0.2) is 4.98 Å². The van der Waals surface area contributed by atoms with Gasteiger partial charge in [0.25, 0.3) is 0 Å². The maximum absolute atomic E-state index is 4.46. The van der Waals surface area contributed by atoms with Crippen LogP contribution in [-0.2, 0) is 0 Å². The number of pyridine rings is 1. The molecular weight excluding hydrogens is 290 g/mol. The van der Waals surface area contributed by atoms with Crippen molar-refractivity contribution in [1.29, 1.82) is 0 Å². The summed E-state index contributed by atoms with van der Waals surface area (Å²) in [5.74, 6) is 0.999. The second-order valence-corrected chi connectivity index (χ2v) is 6.59. The van der Waals surface area contributed by atoms with Crippen LogP contribution >= 0.6 is 15.9 Å². The SMILES string of the molecule is Brc1cnc2c(c1)NCC1(CCCCCC1)CN2. The van der Waals surface area contributed by atoms with Crippen molar-refractivity contribution in [3.05, 3.63) is 16.7 Å². The first kappa shape index (κ1) is 12.3. The maximum atomic E-state index is 4.46. The molecule has 1 aromatic heterocycles. The molecule has 0 aromatic carbocycles. The first-order valence-corrected chi connectivity index (χ1v) is 7.70. The van der Waals surface area contributed by atoms with Crippen LogP contribution in [0.1, 0.15) is 38.5 Å². The van der Waals surface area contributed by atoms with Gasteiger partial charge in [0.15, 0.2) is 0 Å². The molecule has 0 unspecified atom stereocenters. The molecule has 3 rings (SSSR count). The minimum absolute atomic E-state index is 0.420. The summed E-state index contributed by atoms with van der Waals surface area (Å²) >= 11 is 3.49. The fourth-order valence-corrected chi connectivity index (χ4v) is 3.49. The van der Waals surface area contributed by atoms with Crippen molar-refractivity contribution in [3.63, 3.8) is 0 Å². The summed E-state index contributed by atoms with van der Waals surface area (Å²) in [7, 11) is 0. The van der Waals surface area contributed by atoms with Crippen molar-refractivity contribution < 1.29 is 0 Å². The quantitative estimate of drug-likeness (QED) is 0.760. The molecule has 3 nitrogen and oxygen atoms in total. The highest BCUT2D eigenvalue weighted by molar-refractivity contribution is 9.10. The zero-order valence-corrected chi connectivity index (χ0v) is 12.2. The largest absolute Gasteiger partial charge is 0.381 e. The summed E-state index contributed by atoms with van der Waals surface area (Å²) in [6.07, 6.45) is 10.1. The molecule has 0 amide bonds. The molecule has 1 fully saturated rings. The van der Waals surface area contributed by atoms with Crippen molar-refractivity contribution in [2.75, 3.05) is 23.7 Å². The first-order chi connectivity index (χ1) is 8.77. The van der Waals surface area contributed by atoms with Crippen LogP contribution in [0.2, 0.25) is 0 Å². The van der Waals surface area contributed by atoms with E-state index in [2.05, 4.69) is 37.6 Å². The van der Waals surface area contributed by atoms with Gasteiger partial charge in [-0.05, 0) is 34.8 Å². The Kier molecular flexibility index (Phi) is 3.46. The molecule has 2 heterocycles. The average Bonchev–Trinajstić information content (AvgIpc) is 2.70. The van der Waals surface area contributed by atoms with Gasteiger partial charge >= 0.3 is 0 Å². The van der Waals surface area contributed by atoms with Gasteiger partial charge in [0, 0.05) is 29.2 Å². The van der Waals surface area contributed by atoms with E-state index in [4.69, 9.17) is 0 Å². The molecular formula is C14H20BrN3. The summed E-state index contributed by atoms with van der Waals surface area (Å²) in [5, 5.41) is 7.15. The molecule has 2 N–H and O–H groups in total. The van der Waals surface area contributed by atoms with E-state index >= 15 is 0 Å². The van der Waals surface area contributed by atoms with Crippen molar-refractivity contribution in [3.8, 4) is 0 Å². The lowest BCUT2D eigenvalue weighted by Gasteiger charge is -2.31. The number of hydrogen-bond donors (Lipinski definition) is 2. The minimum atomic E-state index is 0.420. The van der Waals surface area contributed by atoms with Gasteiger partial charge in [-0.2, -0.15) is 0 Å².